The van der Waals surface area contributed by atoms with Crippen LogP contribution in [0, 0.1) is 5.92 Å². The van der Waals surface area contributed by atoms with E-state index in [0.717, 1.165) is 0 Å². The Hall–Kier alpha value is -0.660. The van der Waals surface area contributed by atoms with Gasteiger partial charge in [-0.1, -0.05) is 13.8 Å². The minimum Gasteiger partial charge on any atom is -0.350 e. The van der Waals surface area contributed by atoms with Crippen LogP contribution in [0.5, 0.6) is 0 Å². The molecular formula is C8H10ClF6NO. The number of alkyl halides is 7. The number of carbonyl (C=O) groups is 1. The lowest BCUT2D eigenvalue weighted by atomic mass is 10.1. The Balaban J connectivity index is 4.94. The fourth-order valence-electron chi connectivity index (χ4n) is 0.728. The van der Waals surface area contributed by atoms with Gasteiger partial charge in [0, 0.05) is 6.54 Å². The number of carbonyl (C=O) groups excluding carboxylic acids is 1. The molecule has 0 aliphatic rings. The van der Waals surface area contributed by atoms with E-state index < -0.39 is 23.1 Å². The van der Waals surface area contributed by atoms with E-state index in [0.29, 0.717) is 0 Å². The molecule has 102 valence electrons. The molecule has 1 N–H and O–H groups in total. The molecule has 0 rings (SSSR count). The second kappa shape index (κ2) is 4.91. The second-order valence-corrected chi connectivity index (χ2v) is 4.23. The number of hydrogen-bond acceptors (Lipinski definition) is 1. The average Bonchev–Trinajstić information content (AvgIpc) is 2.11. The van der Waals surface area contributed by atoms with E-state index in [2.05, 4.69) is 11.6 Å². The highest BCUT2D eigenvalue weighted by Crippen LogP contribution is 2.47. The Morgan fingerprint density at radius 2 is 1.59 bits per heavy atom. The molecule has 0 radical (unpaired) electrons. The Labute approximate surface area is 98.3 Å². The Bertz CT molecular complexity index is 288. The van der Waals surface area contributed by atoms with Gasteiger partial charge in [0.2, 0.25) is 0 Å². The van der Waals surface area contributed by atoms with Gasteiger partial charge in [0.1, 0.15) is 0 Å². The monoisotopic (exact) mass is 285 g/mol. The predicted octanol–water partition coefficient (Wildman–Crippen LogP) is 2.86. The van der Waals surface area contributed by atoms with Gasteiger partial charge >= 0.3 is 17.2 Å². The van der Waals surface area contributed by atoms with Crippen molar-refractivity contribution in [2.45, 2.75) is 31.1 Å². The maximum absolute atomic E-state index is 12.8. The summed E-state index contributed by atoms with van der Waals surface area (Å²) in [5.41, 5.74) is 0. The standard InChI is InChI=1S/C8H10ClF6NO/c1-4(2)3-16-5(17)6(10,11)7(12,13)8(9,14)15/h4H,3H2,1-2H3,(H,16,17). The summed E-state index contributed by atoms with van der Waals surface area (Å²) in [6.07, 6.45) is 0. The van der Waals surface area contributed by atoms with Gasteiger partial charge in [-0.2, -0.15) is 26.3 Å². The summed E-state index contributed by atoms with van der Waals surface area (Å²) in [7, 11) is 0. The number of amides is 1. The lowest BCUT2D eigenvalue weighted by Crippen LogP contribution is -2.59. The van der Waals surface area contributed by atoms with E-state index in [4.69, 9.17) is 0 Å². The summed E-state index contributed by atoms with van der Waals surface area (Å²) in [6.45, 7) is 2.66. The van der Waals surface area contributed by atoms with Gasteiger partial charge in [0.05, 0.1) is 0 Å². The molecule has 1 amide bonds. The number of halogens is 7. The summed E-state index contributed by atoms with van der Waals surface area (Å²) >= 11 is 3.87. The zero-order valence-electron chi connectivity index (χ0n) is 8.84. The Morgan fingerprint density at radius 1 is 1.18 bits per heavy atom. The minimum atomic E-state index is -5.97. The third-order valence-corrected chi connectivity index (χ3v) is 1.94. The highest BCUT2D eigenvalue weighted by Gasteiger charge is 2.74. The minimum absolute atomic E-state index is 0.306. The molecule has 0 bridgehead atoms. The smallest absolute Gasteiger partial charge is 0.350 e. The molecule has 0 aromatic rings. The van der Waals surface area contributed by atoms with Crippen LogP contribution >= 0.6 is 11.6 Å². The molecule has 0 fully saturated rings. The summed E-state index contributed by atoms with van der Waals surface area (Å²) < 4.78 is 75.0. The highest BCUT2D eigenvalue weighted by molar-refractivity contribution is 6.22. The van der Waals surface area contributed by atoms with Gasteiger partial charge in [0.25, 0.3) is 5.91 Å². The topological polar surface area (TPSA) is 29.1 Å². The average molecular weight is 286 g/mol. The molecule has 0 aliphatic carbocycles. The predicted molar refractivity (Wildman–Crippen MR) is 48.5 cm³/mol. The van der Waals surface area contributed by atoms with Crippen molar-refractivity contribution < 1.29 is 31.1 Å². The third kappa shape index (κ3) is 3.40. The van der Waals surface area contributed by atoms with E-state index in [9.17, 15) is 31.1 Å². The lowest BCUT2D eigenvalue weighted by molar-refractivity contribution is -0.269. The molecule has 17 heavy (non-hydrogen) atoms. The normalized spacial score (nSPS) is 14.0. The molecular weight excluding hydrogens is 276 g/mol. The van der Waals surface area contributed by atoms with Crippen LogP contribution in [0.3, 0.4) is 0 Å². The first-order valence-corrected chi connectivity index (χ1v) is 4.82. The van der Waals surface area contributed by atoms with Crippen molar-refractivity contribution in [1.29, 1.82) is 0 Å². The van der Waals surface area contributed by atoms with Crippen LogP contribution in [0.25, 0.3) is 0 Å². The third-order valence-electron chi connectivity index (χ3n) is 1.71. The Morgan fingerprint density at radius 3 is 1.88 bits per heavy atom. The summed E-state index contributed by atoms with van der Waals surface area (Å²) in [5, 5.41) is -4.08. The molecule has 2 nitrogen and oxygen atoms in total. The molecule has 0 saturated heterocycles. The van der Waals surface area contributed by atoms with Crippen molar-refractivity contribution in [3.63, 3.8) is 0 Å². The molecule has 0 aromatic carbocycles. The van der Waals surface area contributed by atoms with Crippen LogP contribution in [-0.4, -0.2) is 29.7 Å². The molecule has 0 saturated carbocycles. The van der Waals surface area contributed by atoms with Crippen molar-refractivity contribution in [1.82, 2.24) is 5.32 Å². The van der Waals surface area contributed by atoms with E-state index >= 15 is 0 Å². The van der Waals surface area contributed by atoms with Crippen molar-refractivity contribution in [3.8, 4) is 0 Å². The number of rotatable bonds is 5. The van der Waals surface area contributed by atoms with Gasteiger partial charge in [-0.25, -0.2) is 0 Å². The van der Waals surface area contributed by atoms with Crippen molar-refractivity contribution in [3.05, 3.63) is 0 Å². The van der Waals surface area contributed by atoms with Gasteiger partial charge in [0.15, 0.2) is 0 Å². The van der Waals surface area contributed by atoms with Crippen LogP contribution in [-0.2, 0) is 4.79 Å². The van der Waals surface area contributed by atoms with Crippen LogP contribution in [0.1, 0.15) is 13.8 Å². The van der Waals surface area contributed by atoms with Gasteiger partial charge < -0.3 is 5.32 Å². The van der Waals surface area contributed by atoms with Gasteiger partial charge in [-0.3, -0.25) is 4.79 Å². The van der Waals surface area contributed by atoms with Crippen molar-refractivity contribution >= 4 is 17.5 Å². The molecule has 0 spiro atoms. The van der Waals surface area contributed by atoms with E-state index in [1.807, 2.05) is 0 Å². The van der Waals surface area contributed by atoms with Crippen LogP contribution in [0.2, 0.25) is 0 Å². The maximum atomic E-state index is 12.8. The van der Waals surface area contributed by atoms with Crippen LogP contribution < -0.4 is 5.32 Å². The first-order valence-electron chi connectivity index (χ1n) is 4.44. The van der Waals surface area contributed by atoms with Crippen LogP contribution in [0.4, 0.5) is 26.3 Å². The van der Waals surface area contributed by atoms with Gasteiger partial charge in [-0.15, -0.1) is 0 Å². The maximum Gasteiger partial charge on any atom is 0.395 e. The van der Waals surface area contributed by atoms with E-state index in [1.54, 1.807) is 0 Å². The van der Waals surface area contributed by atoms with Crippen molar-refractivity contribution in [2.24, 2.45) is 5.92 Å². The largest absolute Gasteiger partial charge is 0.395 e. The summed E-state index contributed by atoms with van der Waals surface area (Å²) in [6, 6.07) is 0. The molecule has 0 heterocycles. The molecule has 0 unspecified atom stereocenters. The molecule has 0 aromatic heterocycles. The zero-order chi connectivity index (χ0) is 14.1. The second-order valence-electron chi connectivity index (χ2n) is 3.75. The Kier molecular flexibility index (Phi) is 4.72. The number of nitrogens with one attached hydrogen (secondary N) is 1. The lowest BCUT2D eigenvalue weighted by Gasteiger charge is -2.28. The molecule has 0 aliphatic heterocycles. The quantitative estimate of drug-likeness (QED) is 0.611. The van der Waals surface area contributed by atoms with Crippen LogP contribution in [0.15, 0.2) is 0 Å². The summed E-state index contributed by atoms with van der Waals surface area (Å²) in [5.74, 6) is -14.4. The van der Waals surface area contributed by atoms with Gasteiger partial charge in [-0.05, 0) is 17.5 Å². The fourth-order valence-corrected chi connectivity index (χ4v) is 0.847. The molecule has 0 atom stereocenters. The number of hydrogen-bond donors (Lipinski definition) is 1. The first-order chi connectivity index (χ1) is 7.34. The fraction of sp³-hybridized carbons (Fsp3) is 0.875. The van der Waals surface area contributed by atoms with E-state index in [1.165, 1.54) is 19.2 Å². The SMILES string of the molecule is CC(C)CNC(=O)C(F)(F)C(F)(F)C(F)(F)Cl. The summed E-state index contributed by atoms with van der Waals surface area (Å²) in [4.78, 5) is 10.7. The van der Waals surface area contributed by atoms with Crippen molar-refractivity contribution in [2.75, 3.05) is 6.54 Å². The van der Waals surface area contributed by atoms with E-state index in [-0.39, 0.29) is 12.5 Å². The zero-order valence-corrected chi connectivity index (χ0v) is 9.59. The highest BCUT2D eigenvalue weighted by atomic mass is 35.5. The molecule has 9 heteroatoms. The first kappa shape index (κ1) is 16.3.